The van der Waals surface area contributed by atoms with Crippen LogP contribution in [-0.2, 0) is 11.3 Å². The number of aliphatic hydroxyl groups is 1. The van der Waals surface area contributed by atoms with Gasteiger partial charge in [-0.15, -0.1) is 0 Å². The van der Waals surface area contributed by atoms with Crippen molar-refractivity contribution < 1.29 is 24.5 Å². The van der Waals surface area contributed by atoms with Crippen LogP contribution in [0.25, 0.3) is 0 Å². The molecule has 0 bridgehead atoms. The maximum absolute atomic E-state index is 13.1. The second-order valence-electron chi connectivity index (χ2n) is 9.54. The predicted molar refractivity (Wildman–Crippen MR) is 139 cm³/mol. The molecule has 1 heterocycles. The SMILES string of the molecule is NCc1cccc(C2CCN(C(=O)c3cccc(OC[C@](O)(C(=O)O)C4CCCC4)c3)CC2)c1.S. The molecule has 0 aromatic heterocycles. The number of carbonyl (C=O) groups is 2. The lowest BCUT2D eigenvalue weighted by Gasteiger charge is -2.32. The highest BCUT2D eigenvalue weighted by atomic mass is 32.1. The third-order valence-corrected chi connectivity index (χ3v) is 7.38. The van der Waals surface area contributed by atoms with Crippen molar-refractivity contribution in [3.8, 4) is 5.75 Å². The van der Waals surface area contributed by atoms with Crippen molar-refractivity contribution in [2.24, 2.45) is 11.7 Å². The highest BCUT2D eigenvalue weighted by Gasteiger charge is 2.46. The molecule has 2 aliphatic rings. The Balaban J connectivity index is 0.00000342. The monoisotopic (exact) mass is 500 g/mol. The molecule has 2 aromatic carbocycles. The zero-order chi connectivity index (χ0) is 24.1. The summed E-state index contributed by atoms with van der Waals surface area (Å²) < 4.78 is 5.71. The van der Waals surface area contributed by atoms with Crippen LogP contribution in [0.2, 0.25) is 0 Å². The summed E-state index contributed by atoms with van der Waals surface area (Å²) in [6, 6.07) is 15.1. The summed E-state index contributed by atoms with van der Waals surface area (Å²) in [5.74, 6) is -0.844. The van der Waals surface area contributed by atoms with Gasteiger partial charge in [0.15, 0.2) is 5.60 Å². The molecule has 8 heteroatoms. The zero-order valence-electron chi connectivity index (χ0n) is 20.0. The minimum atomic E-state index is -1.92. The lowest BCUT2D eigenvalue weighted by Crippen LogP contribution is -2.50. The van der Waals surface area contributed by atoms with Gasteiger partial charge in [0.2, 0.25) is 0 Å². The van der Waals surface area contributed by atoms with E-state index in [0.29, 0.717) is 49.7 Å². The van der Waals surface area contributed by atoms with Gasteiger partial charge in [0.05, 0.1) is 0 Å². The Morgan fingerprint density at radius 1 is 1.03 bits per heavy atom. The van der Waals surface area contributed by atoms with Gasteiger partial charge in [-0.05, 0) is 60.9 Å². The molecule has 35 heavy (non-hydrogen) atoms. The summed E-state index contributed by atoms with van der Waals surface area (Å²) in [5.41, 5.74) is 6.75. The number of carboxylic acids is 1. The van der Waals surface area contributed by atoms with Crippen LogP contribution in [0.15, 0.2) is 48.5 Å². The number of ether oxygens (including phenoxy) is 1. The van der Waals surface area contributed by atoms with Gasteiger partial charge >= 0.3 is 5.97 Å². The van der Waals surface area contributed by atoms with E-state index < -0.39 is 11.6 Å². The fraction of sp³-hybridized carbons (Fsp3) is 0.481. The maximum Gasteiger partial charge on any atom is 0.339 e. The minimum absolute atomic E-state index is 0. The number of rotatable bonds is 8. The Labute approximate surface area is 213 Å². The van der Waals surface area contributed by atoms with Crippen molar-refractivity contribution in [1.82, 2.24) is 4.90 Å². The molecule has 1 amide bonds. The average molecular weight is 501 g/mol. The first-order valence-corrected chi connectivity index (χ1v) is 12.2. The number of nitrogens with zero attached hydrogens (tertiary/aromatic N) is 1. The largest absolute Gasteiger partial charge is 0.490 e. The molecule has 2 fully saturated rings. The summed E-state index contributed by atoms with van der Waals surface area (Å²) in [6.45, 7) is 1.52. The van der Waals surface area contributed by atoms with Crippen LogP contribution in [0.5, 0.6) is 5.75 Å². The fourth-order valence-corrected chi connectivity index (χ4v) is 5.24. The summed E-state index contributed by atoms with van der Waals surface area (Å²) in [5, 5.41) is 20.4. The van der Waals surface area contributed by atoms with Gasteiger partial charge < -0.3 is 25.6 Å². The standard InChI is InChI=1S/C27H34N2O5.H2S/c28-17-19-5-3-6-21(15-19)20-11-13-29(14-12-20)25(30)22-7-4-10-24(16-22)34-18-27(33,26(31)32)23-8-1-2-9-23;/h3-7,10,15-16,20,23,33H,1-2,8-9,11-14,17-18,28H2,(H,31,32);1H2/t27-;/m1./s1. The third kappa shape index (κ3) is 6.18. The highest BCUT2D eigenvalue weighted by Crippen LogP contribution is 2.35. The molecule has 0 radical (unpaired) electrons. The molecule has 4 N–H and O–H groups in total. The topological polar surface area (TPSA) is 113 Å². The second-order valence-corrected chi connectivity index (χ2v) is 9.54. The van der Waals surface area contributed by atoms with Crippen LogP contribution in [0.4, 0.5) is 0 Å². The number of hydrogen-bond acceptors (Lipinski definition) is 5. The van der Waals surface area contributed by atoms with Crippen molar-refractivity contribution in [3.05, 3.63) is 65.2 Å². The lowest BCUT2D eigenvalue weighted by atomic mass is 9.86. The zero-order valence-corrected chi connectivity index (χ0v) is 21.0. The van der Waals surface area contributed by atoms with E-state index in [-0.39, 0.29) is 31.9 Å². The van der Waals surface area contributed by atoms with Gasteiger partial charge in [-0.2, -0.15) is 13.5 Å². The molecule has 0 unspecified atom stereocenters. The quantitative estimate of drug-likeness (QED) is 0.510. The van der Waals surface area contributed by atoms with Crippen LogP contribution in [-0.4, -0.2) is 52.3 Å². The number of nitrogens with two attached hydrogens (primary N) is 1. The van der Waals surface area contributed by atoms with Crippen LogP contribution in [0, 0.1) is 5.92 Å². The van der Waals surface area contributed by atoms with Crippen molar-refractivity contribution in [2.75, 3.05) is 19.7 Å². The number of carbonyl (C=O) groups excluding carboxylic acids is 1. The van der Waals surface area contributed by atoms with Crippen molar-refractivity contribution in [1.29, 1.82) is 0 Å². The smallest absolute Gasteiger partial charge is 0.339 e. The second kappa shape index (κ2) is 11.9. The Kier molecular flexibility index (Phi) is 9.21. The lowest BCUT2D eigenvalue weighted by molar-refractivity contribution is -0.169. The number of carboxylic acid groups (broad SMARTS) is 1. The van der Waals surface area contributed by atoms with Crippen molar-refractivity contribution in [2.45, 2.75) is 56.6 Å². The Hall–Kier alpha value is -2.55. The molecule has 190 valence electrons. The maximum atomic E-state index is 13.1. The first kappa shape index (κ1) is 27.0. The van der Waals surface area contributed by atoms with Gasteiger partial charge in [-0.25, -0.2) is 4.79 Å². The summed E-state index contributed by atoms with van der Waals surface area (Å²) in [6.07, 6.45) is 4.97. The molecular weight excluding hydrogens is 464 g/mol. The summed E-state index contributed by atoms with van der Waals surface area (Å²) in [7, 11) is 0. The molecule has 1 aliphatic heterocycles. The number of amides is 1. The number of piperidine rings is 1. The van der Waals surface area contributed by atoms with Crippen molar-refractivity contribution >= 4 is 25.4 Å². The normalized spacial score (nSPS) is 18.5. The molecule has 1 atom stereocenters. The van der Waals surface area contributed by atoms with E-state index in [4.69, 9.17) is 10.5 Å². The number of likely N-dealkylation sites (tertiary alicyclic amines) is 1. The van der Waals surface area contributed by atoms with E-state index in [1.807, 2.05) is 17.0 Å². The molecule has 4 rings (SSSR count). The van der Waals surface area contributed by atoms with E-state index in [1.165, 1.54) is 5.56 Å². The summed E-state index contributed by atoms with van der Waals surface area (Å²) >= 11 is 0. The van der Waals surface area contributed by atoms with E-state index in [0.717, 1.165) is 31.2 Å². The first-order chi connectivity index (χ1) is 16.4. The van der Waals surface area contributed by atoms with Gasteiger partial charge in [-0.3, -0.25) is 4.79 Å². The molecule has 0 spiro atoms. The van der Waals surface area contributed by atoms with E-state index in [9.17, 15) is 19.8 Å². The molecule has 1 aliphatic carbocycles. The van der Waals surface area contributed by atoms with Crippen LogP contribution in [0.3, 0.4) is 0 Å². The van der Waals surface area contributed by atoms with E-state index in [2.05, 4.69) is 12.1 Å². The Bertz CT molecular complexity index is 1020. The number of aliphatic carboxylic acids is 1. The highest BCUT2D eigenvalue weighted by molar-refractivity contribution is 7.59. The van der Waals surface area contributed by atoms with E-state index >= 15 is 0 Å². The van der Waals surface area contributed by atoms with Crippen molar-refractivity contribution in [3.63, 3.8) is 0 Å². The molecular formula is C27H36N2O5S. The average Bonchev–Trinajstić information content (AvgIpc) is 3.43. The van der Waals surface area contributed by atoms with Crippen LogP contribution >= 0.6 is 13.5 Å². The van der Waals surface area contributed by atoms with E-state index in [1.54, 1.807) is 24.3 Å². The minimum Gasteiger partial charge on any atom is -0.490 e. The predicted octanol–water partition coefficient (Wildman–Crippen LogP) is 3.66. The molecule has 2 aromatic rings. The fourth-order valence-electron chi connectivity index (χ4n) is 5.24. The first-order valence-electron chi connectivity index (χ1n) is 12.2. The Morgan fingerprint density at radius 2 is 1.71 bits per heavy atom. The van der Waals surface area contributed by atoms with Crippen LogP contribution in [0.1, 0.15) is 65.9 Å². The van der Waals surface area contributed by atoms with Gasteiger partial charge in [0.25, 0.3) is 5.91 Å². The van der Waals surface area contributed by atoms with Gasteiger partial charge in [0, 0.05) is 31.1 Å². The summed E-state index contributed by atoms with van der Waals surface area (Å²) in [4.78, 5) is 26.8. The molecule has 1 saturated carbocycles. The van der Waals surface area contributed by atoms with Crippen LogP contribution < -0.4 is 10.5 Å². The van der Waals surface area contributed by atoms with Gasteiger partial charge in [0.1, 0.15) is 12.4 Å². The number of hydrogen-bond donors (Lipinski definition) is 3. The molecule has 1 saturated heterocycles. The molecule has 7 nitrogen and oxygen atoms in total. The number of benzene rings is 2. The Morgan fingerprint density at radius 3 is 2.37 bits per heavy atom. The van der Waals surface area contributed by atoms with Gasteiger partial charge in [-0.1, -0.05) is 43.2 Å². The third-order valence-electron chi connectivity index (χ3n) is 7.38.